The zero-order valence-corrected chi connectivity index (χ0v) is 15.3. The van der Waals surface area contributed by atoms with Gasteiger partial charge in [-0.2, -0.15) is 4.68 Å². The molecule has 1 amide bonds. The van der Waals surface area contributed by atoms with Crippen LogP contribution >= 0.6 is 11.3 Å². The van der Waals surface area contributed by atoms with Crippen LogP contribution in [0.15, 0.2) is 24.5 Å². The average molecular weight is 383 g/mol. The van der Waals surface area contributed by atoms with E-state index in [1.807, 2.05) is 18.2 Å². The van der Waals surface area contributed by atoms with Crippen molar-refractivity contribution in [3.63, 3.8) is 0 Å². The lowest BCUT2D eigenvalue weighted by Crippen LogP contribution is -2.15. The summed E-state index contributed by atoms with van der Waals surface area (Å²) in [5, 5.41) is 15.1. The van der Waals surface area contributed by atoms with E-state index in [1.54, 1.807) is 16.0 Å². The van der Waals surface area contributed by atoms with E-state index in [-0.39, 0.29) is 5.91 Å². The Balaban J connectivity index is 1.48. The van der Waals surface area contributed by atoms with Crippen molar-refractivity contribution < 1.29 is 14.3 Å². The lowest BCUT2D eigenvalue weighted by Gasteiger charge is -2.11. The number of anilines is 1. The maximum absolute atomic E-state index is 13.1. The van der Waals surface area contributed by atoms with E-state index < -0.39 is 0 Å². The molecule has 9 heteroatoms. The fraction of sp³-hybridized carbons (Fsp3) is 0.333. The summed E-state index contributed by atoms with van der Waals surface area (Å²) in [5.74, 6) is 1.20. The number of rotatable bonds is 3. The minimum Gasteiger partial charge on any atom is -0.490 e. The van der Waals surface area contributed by atoms with E-state index in [0.29, 0.717) is 36.0 Å². The lowest BCUT2D eigenvalue weighted by atomic mass is 10.1. The van der Waals surface area contributed by atoms with Crippen molar-refractivity contribution in [1.82, 2.24) is 20.2 Å². The summed E-state index contributed by atoms with van der Waals surface area (Å²) in [6.45, 7) is 1.24. The summed E-state index contributed by atoms with van der Waals surface area (Å²) in [5.41, 5.74) is 2.44. The molecule has 138 valence electrons. The number of hydrogen-bond acceptors (Lipinski definition) is 7. The van der Waals surface area contributed by atoms with Crippen molar-refractivity contribution in [2.75, 3.05) is 18.5 Å². The van der Waals surface area contributed by atoms with Gasteiger partial charge in [0.1, 0.15) is 11.3 Å². The van der Waals surface area contributed by atoms with Crippen LogP contribution in [-0.4, -0.2) is 39.3 Å². The van der Waals surface area contributed by atoms with E-state index in [2.05, 4.69) is 20.8 Å². The number of carbonyl (C=O) groups excluding carboxylic acids is 1. The highest BCUT2D eigenvalue weighted by Crippen LogP contribution is 2.38. The highest BCUT2D eigenvalue weighted by molar-refractivity contribution is 7.15. The molecule has 3 heterocycles. The third-order valence-corrected chi connectivity index (χ3v) is 5.97. The van der Waals surface area contributed by atoms with Gasteiger partial charge in [-0.3, -0.25) is 4.79 Å². The first-order valence-electron chi connectivity index (χ1n) is 8.88. The normalized spacial score (nSPS) is 15.3. The van der Waals surface area contributed by atoms with E-state index in [9.17, 15) is 4.79 Å². The van der Waals surface area contributed by atoms with Gasteiger partial charge in [-0.1, -0.05) is 0 Å². The predicted octanol–water partition coefficient (Wildman–Crippen LogP) is 2.63. The van der Waals surface area contributed by atoms with Crippen molar-refractivity contribution in [3.8, 4) is 16.5 Å². The number of aromatic nitrogens is 4. The van der Waals surface area contributed by atoms with Gasteiger partial charge in [-0.25, -0.2) is 0 Å². The molecule has 1 aliphatic carbocycles. The minimum atomic E-state index is -0.158. The molecule has 2 aromatic heterocycles. The Labute approximate surface area is 159 Å². The SMILES string of the molecule is O=C(Nc1ccc2c(c1)OCCCO2)c1c(-n2cnnn2)sc2c1CCC2. The fourth-order valence-corrected chi connectivity index (χ4v) is 4.78. The van der Waals surface area contributed by atoms with Gasteiger partial charge in [0.15, 0.2) is 11.5 Å². The van der Waals surface area contributed by atoms with Crippen LogP contribution in [0.5, 0.6) is 11.5 Å². The summed E-state index contributed by atoms with van der Waals surface area (Å²) in [6.07, 6.45) is 5.32. The quantitative estimate of drug-likeness (QED) is 0.748. The zero-order valence-electron chi connectivity index (χ0n) is 14.5. The lowest BCUT2D eigenvalue weighted by molar-refractivity contribution is 0.102. The molecule has 27 heavy (non-hydrogen) atoms. The van der Waals surface area contributed by atoms with Crippen molar-refractivity contribution in [2.24, 2.45) is 0 Å². The fourth-order valence-electron chi connectivity index (χ4n) is 3.47. The molecule has 5 rings (SSSR count). The Morgan fingerprint density at radius 2 is 2.04 bits per heavy atom. The molecule has 8 nitrogen and oxygen atoms in total. The number of nitrogens with one attached hydrogen (secondary N) is 1. The molecule has 1 aromatic carbocycles. The van der Waals surface area contributed by atoms with Crippen LogP contribution in [0, 0.1) is 0 Å². The van der Waals surface area contributed by atoms with Crippen molar-refractivity contribution in [3.05, 3.63) is 40.5 Å². The molecule has 0 saturated heterocycles. The third kappa shape index (κ3) is 2.93. The molecule has 0 unspecified atom stereocenters. The number of hydrogen-bond donors (Lipinski definition) is 1. The van der Waals surface area contributed by atoms with E-state index >= 15 is 0 Å². The smallest absolute Gasteiger partial charge is 0.259 e. The molecule has 0 bridgehead atoms. The van der Waals surface area contributed by atoms with Gasteiger partial charge in [-0.05, 0) is 47.4 Å². The van der Waals surface area contributed by atoms with Crippen molar-refractivity contribution in [2.45, 2.75) is 25.7 Å². The molecular formula is C18H17N5O3S. The van der Waals surface area contributed by atoms with E-state index in [4.69, 9.17) is 9.47 Å². The van der Waals surface area contributed by atoms with Gasteiger partial charge < -0.3 is 14.8 Å². The average Bonchev–Trinajstić information content (AvgIpc) is 3.35. The number of ether oxygens (including phenoxy) is 2. The Morgan fingerprint density at radius 3 is 2.89 bits per heavy atom. The monoisotopic (exact) mass is 383 g/mol. The molecule has 0 spiro atoms. The first-order valence-corrected chi connectivity index (χ1v) is 9.70. The molecule has 0 radical (unpaired) electrons. The Hall–Kier alpha value is -2.94. The largest absolute Gasteiger partial charge is 0.490 e. The van der Waals surface area contributed by atoms with Crippen LogP contribution in [0.2, 0.25) is 0 Å². The second kappa shape index (κ2) is 6.66. The number of nitrogens with zero attached hydrogens (tertiary/aromatic N) is 4. The van der Waals surface area contributed by atoms with E-state index in [0.717, 1.165) is 36.2 Å². The van der Waals surface area contributed by atoms with Gasteiger partial charge >= 0.3 is 0 Å². The Kier molecular flexibility index (Phi) is 4.01. The number of aryl methyl sites for hydroxylation is 1. The first kappa shape index (κ1) is 16.2. The maximum Gasteiger partial charge on any atom is 0.259 e. The molecular weight excluding hydrogens is 366 g/mol. The zero-order chi connectivity index (χ0) is 18.2. The number of benzene rings is 1. The molecule has 0 saturated carbocycles. The van der Waals surface area contributed by atoms with Crippen LogP contribution in [0.3, 0.4) is 0 Å². The number of fused-ring (bicyclic) bond motifs is 2. The summed E-state index contributed by atoms with van der Waals surface area (Å²) in [7, 11) is 0. The Morgan fingerprint density at radius 1 is 1.15 bits per heavy atom. The highest BCUT2D eigenvalue weighted by atomic mass is 32.1. The molecule has 2 aliphatic rings. The Bertz CT molecular complexity index is 999. The molecule has 1 aliphatic heterocycles. The number of thiophene rings is 1. The minimum absolute atomic E-state index is 0.158. The van der Waals surface area contributed by atoms with Crippen molar-refractivity contribution >= 4 is 22.9 Å². The van der Waals surface area contributed by atoms with Gasteiger partial charge in [0.25, 0.3) is 5.91 Å². The maximum atomic E-state index is 13.1. The molecule has 0 atom stereocenters. The summed E-state index contributed by atoms with van der Waals surface area (Å²) < 4.78 is 12.9. The van der Waals surface area contributed by atoms with Gasteiger partial charge in [0.05, 0.1) is 18.8 Å². The first-order chi connectivity index (χ1) is 13.3. The summed E-state index contributed by atoms with van der Waals surface area (Å²) in [6, 6.07) is 5.47. The highest BCUT2D eigenvalue weighted by Gasteiger charge is 2.28. The van der Waals surface area contributed by atoms with Crippen LogP contribution in [-0.2, 0) is 12.8 Å². The number of amides is 1. The number of tetrazole rings is 1. The van der Waals surface area contributed by atoms with Crippen LogP contribution in [0.4, 0.5) is 5.69 Å². The third-order valence-electron chi connectivity index (χ3n) is 4.69. The summed E-state index contributed by atoms with van der Waals surface area (Å²) in [4.78, 5) is 14.4. The second-order valence-corrected chi connectivity index (χ2v) is 7.54. The van der Waals surface area contributed by atoms with Gasteiger partial charge in [0.2, 0.25) is 0 Å². The van der Waals surface area contributed by atoms with Gasteiger partial charge in [0, 0.05) is 23.1 Å². The summed E-state index contributed by atoms with van der Waals surface area (Å²) >= 11 is 1.59. The topological polar surface area (TPSA) is 91.2 Å². The predicted molar refractivity (Wildman–Crippen MR) is 99.1 cm³/mol. The standard InChI is InChI=1S/C18H17N5O3S/c24-17(20-11-5-6-13-14(9-11)26-8-2-7-25-13)16-12-3-1-4-15(12)27-18(16)23-10-19-21-22-23/h5-6,9-10H,1-4,7-8H2,(H,20,24). The molecule has 1 N–H and O–H groups in total. The van der Waals surface area contributed by atoms with E-state index in [1.165, 1.54) is 11.2 Å². The molecule has 3 aromatic rings. The second-order valence-electron chi connectivity index (χ2n) is 6.46. The van der Waals surface area contributed by atoms with Crippen LogP contribution in [0.1, 0.15) is 33.6 Å². The number of carbonyl (C=O) groups is 1. The van der Waals surface area contributed by atoms with Gasteiger partial charge in [-0.15, -0.1) is 16.4 Å². The van der Waals surface area contributed by atoms with Crippen LogP contribution < -0.4 is 14.8 Å². The molecule has 0 fully saturated rings. The van der Waals surface area contributed by atoms with Crippen molar-refractivity contribution in [1.29, 1.82) is 0 Å². The van der Waals surface area contributed by atoms with Crippen LogP contribution in [0.25, 0.3) is 5.00 Å².